The van der Waals surface area contributed by atoms with Crippen molar-refractivity contribution in [2.75, 3.05) is 33.4 Å². The fraction of sp³-hybridized carbons (Fsp3) is 0.435. The lowest BCUT2D eigenvalue weighted by Gasteiger charge is -2.42. The van der Waals surface area contributed by atoms with Crippen LogP contribution >= 0.6 is 0 Å². The topological polar surface area (TPSA) is 80.8 Å². The molecule has 1 aromatic heterocycles. The summed E-state index contributed by atoms with van der Waals surface area (Å²) in [7, 11) is 1.49. The molecule has 1 saturated heterocycles. The summed E-state index contributed by atoms with van der Waals surface area (Å²) in [6.45, 7) is 4.69. The van der Waals surface area contributed by atoms with Gasteiger partial charge in [0.2, 0.25) is 5.91 Å². The Morgan fingerprint density at radius 3 is 2.77 bits per heavy atom. The minimum atomic E-state index is -1.18. The molecule has 1 atom stereocenters. The number of morpholine rings is 1. The van der Waals surface area contributed by atoms with E-state index >= 15 is 0 Å². The molecule has 0 saturated carbocycles. The molecule has 1 aliphatic rings. The number of carbonyl (C=O) groups is 2. The van der Waals surface area contributed by atoms with Gasteiger partial charge in [0.25, 0.3) is 5.91 Å². The zero-order chi connectivity index (χ0) is 21.6. The van der Waals surface area contributed by atoms with Gasteiger partial charge in [0.15, 0.2) is 5.60 Å². The SMILES string of the molecule is COCC(=O)N1CCO[C@@](Cc2ccccc2-c2cccnc2)(C(=O)NC(C)C)C1. The van der Waals surface area contributed by atoms with Crippen LogP contribution in [-0.4, -0.2) is 66.8 Å². The molecule has 2 aromatic rings. The highest BCUT2D eigenvalue weighted by Crippen LogP contribution is 2.30. The highest BCUT2D eigenvalue weighted by molar-refractivity contribution is 5.88. The summed E-state index contributed by atoms with van der Waals surface area (Å²) in [6.07, 6.45) is 3.87. The Hall–Kier alpha value is -2.77. The average Bonchev–Trinajstić information content (AvgIpc) is 2.74. The highest BCUT2D eigenvalue weighted by Gasteiger charge is 2.45. The normalized spacial score (nSPS) is 19.0. The zero-order valence-electron chi connectivity index (χ0n) is 17.8. The molecule has 1 N–H and O–H groups in total. The lowest BCUT2D eigenvalue weighted by atomic mass is 9.87. The van der Waals surface area contributed by atoms with E-state index in [4.69, 9.17) is 9.47 Å². The van der Waals surface area contributed by atoms with Gasteiger partial charge < -0.3 is 19.7 Å². The van der Waals surface area contributed by atoms with Gasteiger partial charge in [-0.25, -0.2) is 0 Å². The molecule has 0 unspecified atom stereocenters. The third-order valence-corrected chi connectivity index (χ3v) is 5.11. The Morgan fingerprint density at radius 2 is 2.07 bits per heavy atom. The Labute approximate surface area is 177 Å². The summed E-state index contributed by atoms with van der Waals surface area (Å²) in [5.74, 6) is -0.364. The van der Waals surface area contributed by atoms with E-state index in [-0.39, 0.29) is 37.6 Å². The van der Waals surface area contributed by atoms with Gasteiger partial charge >= 0.3 is 0 Å². The van der Waals surface area contributed by atoms with Crippen LogP contribution in [0.3, 0.4) is 0 Å². The number of carbonyl (C=O) groups excluding carboxylic acids is 2. The zero-order valence-corrected chi connectivity index (χ0v) is 17.8. The molecule has 2 amide bonds. The number of ether oxygens (including phenoxy) is 2. The second-order valence-electron chi connectivity index (χ2n) is 7.79. The molecule has 0 aliphatic carbocycles. The summed E-state index contributed by atoms with van der Waals surface area (Å²) in [5.41, 5.74) is 1.75. The van der Waals surface area contributed by atoms with E-state index in [1.54, 1.807) is 17.3 Å². The summed E-state index contributed by atoms with van der Waals surface area (Å²) < 4.78 is 11.1. The van der Waals surface area contributed by atoms with Crippen LogP contribution in [0.1, 0.15) is 19.4 Å². The van der Waals surface area contributed by atoms with Crippen LogP contribution in [-0.2, 0) is 25.5 Å². The maximum atomic E-state index is 13.3. The fourth-order valence-corrected chi connectivity index (χ4v) is 3.72. The van der Waals surface area contributed by atoms with Crippen molar-refractivity contribution in [3.05, 3.63) is 54.4 Å². The van der Waals surface area contributed by atoms with Crippen molar-refractivity contribution in [2.24, 2.45) is 0 Å². The molecule has 0 spiro atoms. The van der Waals surface area contributed by atoms with Gasteiger partial charge in [0.1, 0.15) is 6.61 Å². The van der Waals surface area contributed by atoms with E-state index in [2.05, 4.69) is 10.3 Å². The number of hydrogen-bond acceptors (Lipinski definition) is 5. The predicted octanol–water partition coefficient (Wildman–Crippen LogP) is 2.06. The maximum Gasteiger partial charge on any atom is 0.254 e. The van der Waals surface area contributed by atoms with E-state index in [0.29, 0.717) is 13.0 Å². The monoisotopic (exact) mass is 411 g/mol. The van der Waals surface area contributed by atoms with Crippen LogP contribution in [0.5, 0.6) is 0 Å². The first kappa shape index (κ1) is 21.9. The number of aromatic nitrogens is 1. The fourth-order valence-electron chi connectivity index (χ4n) is 3.72. The number of nitrogens with one attached hydrogen (secondary N) is 1. The van der Waals surface area contributed by atoms with Crippen LogP contribution in [0, 0.1) is 0 Å². The number of pyridine rings is 1. The first-order valence-corrected chi connectivity index (χ1v) is 10.1. The molecule has 7 heteroatoms. The molecule has 3 rings (SSSR count). The van der Waals surface area contributed by atoms with Crippen molar-refractivity contribution in [1.82, 2.24) is 15.2 Å². The third kappa shape index (κ3) is 5.04. The second kappa shape index (κ2) is 9.82. The lowest BCUT2D eigenvalue weighted by molar-refractivity contribution is -0.167. The number of methoxy groups -OCH3 is 1. The molecule has 1 fully saturated rings. The van der Waals surface area contributed by atoms with E-state index < -0.39 is 5.60 Å². The van der Waals surface area contributed by atoms with Gasteiger partial charge in [0.05, 0.1) is 13.2 Å². The minimum Gasteiger partial charge on any atom is -0.375 e. The quantitative estimate of drug-likeness (QED) is 0.754. The lowest BCUT2D eigenvalue weighted by Crippen LogP contribution is -2.63. The van der Waals surface area contributed by atoms with Crippen LogP contribution in [0.15, 0.2) is 48.8 Å². The van der Waals surface area contributed by atoms with Crippen LogP contribution in [0.4, 0.5) is 0 Å². The molecule has 160 valence electrons. The van der Waals surface area contributed by atoms with Gasteiger partial charge in [-0.15, -0.1) is 0 Å². The van der Waals surface area contributed by atoms with Crippen LogP contribution in [0.2, 0.25) is 0 Å². The van der Waals surface area contributed by atoms with E-state index in [1.807, 2.05) is 50.2 Å². The molecule has 7 nitrogen and oxygen atoms in total. The van der Waals surface area contributed by atoms with Gasteiger partial charge in [-0.1, -0.05) is 30.3 Å². The molecule has 2 heterocycles. The summed E-state index contributed by atoms with van der Waals surface area (Å²) >= 11 is 0. The third-order valence-electron chi connectivity index (χ3n) is 5.11. The molecule has 1 aromatic carbocycles. The minimum absolute atomic E-state index is 0.0197. The van der Waals surface area contributed by atoms with E-state index in [9.17, 15) is 9.59 Å². The van der Waals surface area contributed by atoms with Crippen molar-refractivity contribution in [1.29, 1.82) is 0 Å². The van der Waals surface area contributed by atoms with E-state index in [0.717, 1.165) is 16.7 Å². The summed E-state index contributed by atoms with van der Waals surface area (Å²) in [5, 5.41) is 2.98. The first-order valence-electron chi connectivity index (χ1n) is 10.1. The van der Waals surface area contributed by atoms with Crippen molar-refractivity contribution >= 4 is 11.8 Å². The number of hydrogen-bond donors (Lipinski definition) is 1. The Morgan fingerprint density at radius 1 is 1.27 bits per heavy atom. The van der Waals surface area contributed by atoms with Crippen molar-refractivity contribution in [3.8, 4) is 11.1 Å². The first-order chi connectivity index (χ1) is 14.4. The molecule has 0 radical (unpaired) electrons. The molecular weight excluding hydrogens is 382 g/mol. The van der Waals surface area contributed by atoms with Gasteiger partial charge in [-0.05, 0) is 31.0 Å². The standard InChI is InChI=1S/C23H29N3O4/c1-17(2)25-22(28)23(16-26(11-12-30-23)21(27)15-29-3)13-18-7-4-5-9-20(18)19-8-6-10-24-14-19/h4-10,14,17H,11-13,15-16H2,1-3H3,(H,25,28)/t23-/m1/s1. The largest absolute Gasteiger partial charge is 0.375 e. The highest BCUT2D eigenvalue weighted by atomic mass is 16.5. The Kier molecular flexibility index (Phi) is 7.18. The smallest absolute Gasteiger partial charge is 0.254 e. The average molecular weight is 412 g/mol. The van der Waals surface area contributed by atoms with Gasteiger partial charge in [-0.2, -0.15) is 0 Å². The number of benzene rings is 1. The van der Waals surface area contributed by atoms with Crippen molar-refractivity contribution < 1.29 is 19.1 Å². The van der Waals surface area contributed by atoms with Crippen LogP contribution < -0.4 is 5.32 Å². The van der Waals surface area contributed by atoms with Crippen molar-refractivity contribution in [3.63, 3.8) is 0 Å². The molecule has 0 bridgehead atoms. The molecular formula is C23H29N3O4. The van der Waals surface area contributed by atoms with Crippen LogP contribution in [0.25, 0.3) is 11.1 Å². The summed E-state index contributed by atoms with van der Waals surface area (Å²) in [6, 6.07) is 11.7. The number of rotatable bonds is 7. The Balaban J connectivity index is 1.97. The second-order valence-corrected chi connectivity index (χ2v) is 7.79. The molecule has 30 heavy (non-hydrogen) atoms. The predicted molar refractivity (Wildman–Crippen MR) is 114 cm³/mol. The number of nitrogens with zero attached hydrogens (tertiary/aromatic N) is 2. The van der Waals surface area contributed by atoms with Gasteiger partial charge in [0, 0.05) is 44.1 Å². The Bertz CT molecular complexity index is 872. The van der Waals surface area contributed by atoms with Crippen molar-refractivity contribution in [2.45, 2.75) is 31.9 Å². The maximum absolute atomic E-state index is 13.3. The number of amides is 2. The van der Waals surface area contributed by atoms with Gasteiger partial charge in [-0.3, -0.25) is 14.6 Å². The van der Waals surface area contributed by atoms with E-state index in [1.165, 1.54) is 7.11 Å². The molecule has 1 aliphatic heterocycles. The summed E-state index contributed by atoms with van der Waals surface area (Å²) in [4.78, 5) is 31.6.